The Morgan fingerprint density at radius 1 is 1.06 bits per heavy atom. The number of thiazole rings is 1. The fraction of sp³-hybridized carbons (Fsp3) is 0.148. The van der Waals surface area contributed by atoms with Crippen molar-refractivity contribution in [3.8, 4) is 22.8 Å². The molecule has 1 aromatic heterocycles. The van der Waals surface area contributed by atoms with Crippen molar-refractivity contribution in [2.24, 2.45) is 5.10 Å². The van der Waals surface area contributed by atoms with Gasteiger partial charge in [-0.1, -0.05) is 29.8 Å². The van der Waals surface area contributed by atoms with E-state index >= 15 is 0 Å². The van der Waals surface area contributed by atoms with Gasteiger partial charge in [-0.15, -0.1) is 11.3 Å². The molecule has 35 heavy (non-hydrogen) atoms. The summed E-state index contributed by atoms with van der Waals surface area (Å²) in [6, 6.07) is 20.9. The van der Waals surface area contributed by atoms with Gasteiger partial charge in [0.25, 0.3) is 5.91 Å². The van der Waals surface area contributed by atoms with Crippen molar-refractivity contribution in [3.63, 3.8) is 0 Å². The van der Waals surface area contributed by atoms with Crippen molar-refractivity contribution < 1.29 is 14.3 Å². The maximum absolute atomic E-state index is 12.5. The highest BCUT2D eigenvalue weighted by Gasteiger charge is 2.09. The third-order valence-electron chi connectivity index (χ3n) is 5.12. The van der Waals surface area contributed by atoms with E-state index in [1.807, 2.05) is 48.7 Å². The zero-order chi connectivity index (χ0) is 24.6. The molecule has 1 amide bonds. The van der Waals surface area contributed by atoms with Crippen molar-refractivity contribution >= 4 is 34.3 Å². The summed E-state index contributed by atoms with van der Waals surface area (Å²) < 4.78 is 10.8. The molecule has 0 aliphatic heterocycles. The molecule has 0 fully saturated rings. The molecule has 0 bridgehead atoms. The maximum Gasteiger partial charge on any atom is 0.271 e. The molecule has 7 nitrogen and oxygen atoms in total. The molecule has 0 aliphatic carbocycles. The van der Waals surface area contributed by atoms with Crippen LogP contribution in [0, 0.1) is 6.92 Å². The van der Waals surface area contributed by atoms with Crippen molar-refractivity contribution in [2.45, 2.75) is 13.8 Å². The second-order valence-corrected chi connectivity index (χ2v) is 8.51. The van der Waals surface area contributed by atoms with Crippen molar-refractivity contribution in [1.82, 2.24) is 10.4 Å². The van der Waals surface area contributed by atoms with E-state index in [1.54, 1.807) is 31.5 Å². The predicted molar refractivity (Wildman–Crippen MR) is 141 cm³/mol. The molecule has 0 spiro atoms. The molecule has 4 aromatic rings. The minimum absolute atomic E-state index is 0.300. The number of aromatic nitrogens is 1. The van der Waals surface area contributed by atoms with Crippen LogP contribution >= 0.6 is 11.3 Å². The molecule has 0 saturated heterocycles. The van der Waals surface area contributed by atoms with Crippen molar-refractivity contribution in [1.29, 1.82) is 0 Å². The predicted octanol–water partition coefficient (Wildman–Crippen LogP) is 6.03. The first-order valence-corrected chi connectivity index (χ1v) is 12.0. The summed E-state index contributed by atoms with van der Waals surface area (Å²) in [6.07, 6.45) is 1.56. The third kappa shape index (κ3) is 6.24. The lowest BCUT2D eigenvalue weighted by molar-refractivity contribution is 0.0955. The number of ether oxygens (including phenoxy) is 2. The second-order valence-electron chi connectivity index (χ2n) is 7.65. The second kappa shape index (κ2) is 11.3. The van der Waals surface area contributed by atoms with Crippen LogP contribution in [-0.2, 0) is 0 Å². The summed E-state index contributed by atoms with van der Waals surface area (Å²) in [5.41, 5.74) is 7.81. The molecule has 4 rings (SSSR count). The number of anilines is 2. The Balaban J connectivity index is 1.36. The minimum Gasteiger partial charge on any atom is -0.493 e. The van der Waals surface area contributed by atoms with E-state index in [0.717, 1.165) is 27.6 Å². The first-order chi connectivity index (χ1) is 17.1. The van der Waals surface area contributed by atoms with Crippen LogP contribution in [0.5, 0.6) is 11.5 Å². The Labute approximate surface area is 208 Å². The summed E-state index contributed by atoms with van der Waals surface area (Å²) in [6.45, 7) is 4.52. The Kier molecular flexibility index (Phi) is 7.74. The van der Waals surface area contributed by atoms with Crippen LogP contribution in [0.2, 0.25) is 0 Å². The molecular formula is C27H26N4O3S. The van der Waals surface area contributed by atoms with Gasteiger partial charge in [0.2, 0.25) is 0 Å². The molecule has 178 valence electrons. The number of carbonyl (C=O) groups excluding carboxylic acids is 1. The van der Waals surface area contributed by atoms with Gasteiger partial charge in [-0.05, 0) is 61.9 Å². The summed E-state index contributed by atoms with van der Waals surface area (Å²) in [5.74, 6) is 0.970. The number of amides is 1. The Morgan fingerprint density at radius 3 is 2.54 bits per heavy atom. The number of hydrazone groups is 1. The number of methoxy groups -OCH3 is 1. The molecule has 0 unspecified atom stereocenters. The van der Waals surface area contributed by atoms with E-state index < -0.39 is 0 Å². The smallest absolute Gasteiger partial charge is 0.271 e. The van der Waals surface area contributed by atoms with E-state index in [2.05, 4.69) is 39.9 Å². The number of aryl methyl sites for hydroxylation is 1. The highest BCUT2D eigenvalue weighted by atomic mass is 32.1. The van der Waals surface area contributed by atoms with Crippen LogP contribution in [0.25, 0.3) is 11.3 Å². The zero-order valence-corrected chi connectivity index (χ0v) is 20.6. The zero-order valence-electron chi connectivity index (χ0n) is 19.7. The number of nitrogens with one attached hydrogen (secondary N) is 2. The van der Waals surface area contributed by atoms with E-state index in [1.165, 1.54) is 16.9 Å². The Bertz CT molecular complexity index is 1320. The quantitative estimate of drug-likeness (QED) is 0.223. The highest BCUT2D eigenvalue weighted by Crippen LogP contribution is 2.28. The van der Waals surface area contributed by atoms with E-state index in [4.69, 9.17) is 9.47 Å². The van der Waals surface area contributed by atoms with Gasteiger partial charge in [-0.3, -0.25) is 4.79 Å². The van der Waals surface area contributed by atoms with Crippen molar-refractivity contribution in [2.75, 3.05) is 19.0 Å². The highest BCUT2D eigenvalue weighted by molar-refractivity contribution is 7.14. The molecule has 2 N–H and O–H groups in total. The van der Waals surface area contributed by atoms with Gasteiger partial charge >= 0.3 is 0 Å². The van der Waals surface area contributed by atoms with Crippen LogP contribution in [0.15, 0.2) is 77.2 Å². The third-order valence-corrected chi connectivity index (χ3v) is 5.87. The summed E-state index contributed by atoms with van der Waals surface area (Å²) in [5, 5.41) is 10.2. The van der Waals surface area contributed by atoms with Crippen LogP contribution in [0.1, 0.15) is 28.4 Å². The van der Waals surface area contributed by atoms with E-state index in [9.17, 15) is 4.79 Å². The number of carbonyl (C=O) groups is 1. The Hall–Kier alpha value is -4.17. The fourth-order valence-corrected chi connectivity index (χ4v) is 4.03. The molecule has 0 saturated carbocycles. The number of rotatable bonds is 9. The standard InChI is InChI=1S/C27H26N4O3S/c1-4-34-24-14-7-19(15-25(24)33-3)16-28-31-26(32)21-10-8-20(9-11-21)23-17-35-27(30-23)29-22-12-5-18(2)6-13-22/h5-17H,4H2,1-3H3,(H,29,30)(H,31,32)/b28-16+. The lowest BCUT2D eigenvalue weighted by Crippen LogP contribution is -2.17. The monoisotopic (exact) mass is 486 g/mol. The lowest BCUT2D eigenvalue weighted by Gasteiger charge is -2.09. The van der Waals surface area contributed by atoms with Gasteiger partial charge in [0.15, 0.2) is 16.6 Å². The largest absolute Gasteiger partial charge is 0.493 e. The number of hydrogen-bond donors (Lipinski definition) is 2. The molecule has 3 aromatic carbocycles. The van der Waals surface area contributed by atoms with Crippen LogP contribution in [-0.4, -0.2) is 30.8 Å². The number of hydrogen-bond acceptors (Lipinski definition) is 7. The molecule has 0 atom stereocenters. The average molecular weight is 487 g/mol. The topological polar surface area (TPSA) is 84.8 Å². The summed E-state index contributed by atoms with van der Waals surface area (Å²) in [7, 11) is 1.58. The van der Waals surface area contributed by atoms with Gasteiger partial charge in [0.05, 0.1) is 25.6 Å². The lowest BCUT2D eigenvalue weighted by atomic mass is 10.1. The molecule has 8 heteroatoms. The number of nitrogens with zero attached hydrogens (tertiary/aromatic N) is 2. The summed E-state index contributed by atoms with van der Waals surface area (Å²) in [4.78, 5) is 17.1. The van der Waals surface area contributed by atoms with E-state index in [-0.39, 0.29) is 5.91 Å². The summed E-state index contributed by atoms with van der Waals surface area (Å²) >= 11 is 1.53. The normalized spacial score (nSPS) is 10.8. The van der Waals surface area contributed by atoms with Gasteiger partial charge in [-0.2, -0.15) is 5.10 Å². The van der Waals surface area contributed by atoms with Crippen LogP contribution in [0.4, 0.5) is 10.8 Å². The van der Waals surface area contributed by atoms with Crippen LogP contribution in [0.3, 0.4) is 0 Å². The van der Waals surface area contributed by atoms with Crippen LogP contribution < -0.4 is 20.2 Å². The molecule has 1 heterocycles. The fourth-order valence-electron chi connectivity index (χ4n) is 3.29. The Morgan fingerprint density at radius 2 is 1.83 bits per heavy atom. The molecule has 0 aliphatic rings. The molecular weight excluding hydrogens is 460 g/mol. The van der Waals surface area contributed by atoms with Gasteiger partial charge in [-0.25, -0.2) is 10.4 Å². The SMILES string of the molecule is CCOc1ccc(/C=N/NC(=O)c2ccc(-c3csc(Nc4ccc(C)cc4)n3)cc2)cc1OC. The first kappa shape index (κ1) is 24.0. The average Bonchev–Trinajstić information content (AvgIpc) is 3.35. The maximum atomic E-state index is 12.5. The van der Waals surface area contributed by atoms with E-state index in [0.29, 0.717) is 23.7 Å². The number of benzene rings is 3. The van der Waals surface area contributed by atoms with Gasteiger partial charge in [0, 0.05) is 22.2 Å². The minimum atomic E-state index is -0.300. The molecule has 0 radical (unpaired) electrons. The van der Waals surface area contributed by atoms with Gasteiger partial charge in [0.1, 0.15) is 0 Å². The van der Waals surface area contributed by atoms with Crippen molar-refractivity contribution in [3.05, 3.63) is 88.8 Å². The first-order valence-electron chi connectivity index (χ1n) is 11.1. The van der Waals surface area contributed by atoms with Gasteiger partial charge < -0.3 is 14.8 Å².